The molecule has 0 unspecified atom stereocenters. The first-order valence-corrected chi connectivity index (χ1v) is 13.4. The van der Waals surface area contributed by atoms with Crippen molar-refractivity contribution in [2.75, 3.05) is 6.54 Å². The first kappa shape index (κ1) is 27.0. The molecule has 3 rings (SSSR count). The lowest BCUT2D eigenvalue weighted by Gasteiger charge is -2.32. The number of nitrogens with one attached hydrogen (secondary N) is 1. The van der Waals surface area contributed by atoms with E-state index in [1.165, 1.54) is 23.1 Å². The lowest BCUT2D eigenvalue weighted by Crippen LogP contribution is -2.51. The maximum Gasteiger partial charge on any atom is 0.269 e. The lowest BCUT2D eigenvalue weighted by molar-refractivity contribution is -0.141. The molecular formula is C24H27Cl2N3O5S. The molecule has 1 aliphatic rings. The highest BCUT2D eigenvalue weighted by Gasteiger charge is 2.41. The van der Waals surface area contributed by atoms with Gasteiger partial charge in [-0.2, -0.15) is 0 Å². The SMILES string of the molecule is CC[C@H](C(=O)NC(C)C)N(Cc1ccc(Cl)cc1Cl)C(=O)CCN1C(=O)c2ccccc2S1(=O)=O. The number of carbonyl (C=O) groups is 3. The number of benzene rings is 2. The summed E-state index contributed by atoms with van der Waals surface area (Å²) < 4.78 is 26.4. The molecule has 8 nitrogen and oxygen atoms in total. The molecule has 1 N–H and O–H groups in total. The third-order valence-electron chi connectivity index (χ3n) is 5.61. The van der Waals surface area contributed by atoms with Gasteiger partial charge in [-0.25, -0.2) is 12.7 Å². The van der Waals surface area contributed by atoms with E-state index in [0.29, 0.717) is 26.3 Å². The molecule has 188 valence electrons. The highest BCUT2D eigenvalue weighted by molar-refractivity contribution is 7.90. The van der Waals surface area contributed by atoms with Crippen molar-refractivity contribution in [2.45, 2.75) is 57.1 Å². The summed E-state index contributed by atoms with van der Waals surface area (Å²) in [4.78, 5) is 40.3. The van der Waals surface area contributed by atoms with Crippen LogP contribution in [0.5, 0.6) is 0 Å². The Kier molecular flexibility index (Phi) is 8.46. The van der Waals surface area contributed by atoms with Crippen molar-refractivity contribution in [2.24, 2.45) is 0 Å². The van der Waals surface area contributed by atoms with E-state index in [4.69, 9.17) is 23.2 Å². The Morgan fingerprint density at radius 1 is 1.11 bits per heavy atom. The summed E-state index contributed by atoms with van der Waals surface area (Å²) >= 11 is 12.3. The van der Waals surface area contributed by atoms with E-state index in [9.17, 15) is 22.8 Å². The molecule has 0 aliphatic carbocycles. The molecule has 11 heteroatoms. The summed E-state index contributed by atoms with van der Waals surface area (Å²) in [7, 11) is -4.05. The van der Waals surface area contributed by atoms with Crippen LogP contribution in [0.2, 0.25) is 10.0 Å². The average Bonchev–Trinajstić information content (AvgIpc) is 2.98. The van der Waals surface area contributed by atoms with Crippen molar-refractivity contribution in [1.82, 2.24) is 14.5 Å². The monoisotopic (exact) mass is 539 g/mol. The van der Waals surface area contributed by atoms with Gasteiger partial charge in [0.15, 0.2) is 0 Å². The van der Waals surface area contributed by atoms with Crippen molar-refractivity contribution in [3.05, 3.63) is 63.6 Å². The van der Waals surface area contributed by atoms with Gasteiger partial charge in [-0.1, -0.05) is 48.3 Å². The van der Waals surface area contributed by atoms with Crippen LogP contribution in [0, 0.1) is 0 Å². The van der Waals surface area contributed by atoms with Gasteiger partial charge in [0, 0.05) is 35.6 Å². The molecule has 0 bridgehead atoms. The number of carbonyl (C=O) groups excluding carboxylic acids is 3. The molecule has 0 fully saturated rings. The quantitative estimate of drug-likeness (QED) is 0.520. The summed E-state index contributed by atoms with van der Waals surface area (Å²) in [5.41, 5.74) is 0.657. The molecule has 0 spiro atoms. The molecule has 3 amide bonds. The Morgan fingerprint density at radius 2 is 1.80 bits per heavy atom. The number of hydrogen-bond donors (Lipinski definition) is 1. The molecule has 0 saturated carbocycles. The highest BCUT2D eigenvalue weighted by Crippen LogP contribution is 2.30. The molecule has 1 atom stereocenters. The van der Waals surface area contributed by atoms with Crippen LogP contribution in [0.25, 0.3) is 0 Å². The predicted octanol–water partition coefficient (Wildman–Crippen LogP) is 3.86. The number of fused-ring (bicyclic) bond motifs is 1. The fraction of sp³-hybridized carbons (Fsp3) is 0.375. The Balaban J connectivity index is 1.86. The molecule has 0 radical (unpaired) electrons. The van der Waals surface area contributed by atoms with E-state index < -0.39 is 27.9 Å². The molecule has 2 aromatic carbocycles. The van der Waals surface area contributed by atoms with Gasteiger partial charge in [0.25, 0.3) is 15.9 Å². The van der Waals surface area contributed by atoms with Crippen molar-refractivity contribution in [3.63, 3.8) is 0 Å². The number of rotatable bonds is 9. The number of halogens is 2. The minimum atomic E-state index is -4.05. The van der Waals surface area contributed by atoms with E-state index in [2.05, 4.69) is 5.32 Å². The van der Waals surface area contributed by atoms with Crippen LogP contribution < -0.4 is 5.32 Å². The van der Waals surface area contributed by atoms with E-state index in [0.717, 1.165) is 0 Å². The molecule has 0 saturated heterocycles. The van der Waals surface area contributed by atoms with Crippen molar-refractivity contribution in [3.8, 4) is 0 Å². The van der Waals surface area contributed by atoms with Gasteiger partial charge in [-0.15, -0.1) is 0 Å². The molecule has 1 aliphatic heterocycles. The number of nitrogens with zero attached hydrogens (tertiary/aromatic N) is 2. The van der Waals surface area contributed by atoms with Crippen molar-refractivity contribution in [1.29, 1.82) is 0 Å². The van der Waals surface area contributed by atoms with Crippen LogP contribution in [0.15, 0.2) is 47.4 Å². The van der Waals surface area contributed by atoms with Gasteiger partial charge in [0.2, 0.25) is 11.8 Å². The smallest absolute Gasteiger partial charge is 0.269 e. The van der Waals surface area contributed by atoms with Gasteiger partial charge in [-0.3, -0.25) is 14.4 Å². The fourth-order valence-corrected chi connectivity index (χ4v) is 5.96. The van der Waals surface area contributed by atoms with E-state index in [1.807, 2.05) is 13.8 Å². The summed E-state index contributed by atoms with van der Waals surface area (Å²) in [6, 6.07) is 9.81. The van der Waals surface area contributed by atoms with Gasteiger partial charge >= 0.3 is 0 Å². The summed E-state index contributed by atoms with van der Waals surface area (Å²) in [6.07, 6.45) is 0.0253. The zero-order chi connectivity index (χ0) is 25.9. The Bertz CT molecular complexity index is 1250. The van der Waals surface area contributed by atoms with Crippen molar-refractivity contribution >= 4 is 50.9 Å². The van der Waals surface area contributed by atoms with E-state index in [-0.39, 0.29) is 41.9 Å². The number of amides is 3. The van der Waals surface area contributed by atoms with E-state index in [1.54, 1.807) is 31.2 Å². The molecule has 1 heterocycles. The second-order valence-electron chi connectivity index (χ2n) is 8.47. The van der Waals surface area contributed by atoms with Crippen molar-refractivity contribution < 1.29 is 22.8 Å². The molecule has 35 heavy (non-hydrogen) atoms. The largest absolute Gasteiger partial charge is 0.352 e. The van der Waals surface area contributed by atoms with Gasteiger partial charge in [0.05, 0.1) is 5.56 Å². The van der Waals surface area contributed by atoms with Crippen LogP contribution in [0.1, 0.15) is 49.5 Å². The summed E-state index contributed by atoms with van der Waals surface area (Å²) in [5.74, 6) is -1.50. The number of hydrogen-bond acceptors (Lipinski definition) is 5. The first-order chi connectivity index (χ1) is 16.5. The van der Waals surface area contributed by atoms with Crippen LogP contribution in [0.3, 0.4) is 0 Å². The average molecular weight is 540 g/mol. The molecule has 2 aromatic rings. The van der Waals surface area contributed by atoms with Crippen LogP contribution in [0.4, 0.5) is 0 Å². The molecule has 0 aromatic heterocycles. The van der Waals surface area contributed by atoms with Crippen LogP contribution in [-0.4, -0.2) is 54.0 Å². The third kappa shape index (κ3) is 5.79. The maximum atomic E-state index is 13.4. The molecular weight excluding hydrogens is 513 g/mol. The second kappa shape index (κ2) is 11.0. The summed E-state index contributed by atoms with van der Waals surface area (Å²) in [6.45, 7) is 5.07. The first-order valence-electron chi connectivity index (χ1n) is 11.2. The second-order valence-corrected chi connectivity index (χ2v) is 11.1. The Morgan fingerprint density at radius 3 is 2.40 bits per heavy atom. The Labute approximate surface area is 215 Å². The van der Waals surface area contributed by atoms with Gasteiger partial charge in [0.1, 0.15) is 10.9 Å². The van der Waals surface area contributed by atoms with Crippen LogP contribution >= 0.6 is 23.2 Å². The normalized spacial score (nSPS) is 15.1. The fourth-order valence-electron chi connectivity index (χ4n) is 3.93. The topological polar surface area (TPSA) is 104 Å². The Hall–Kier alpha value is -2.62. The number of sulfonamides is 1. The van der Waals surface area contributed by atoms with Crippen LogP contribution in [-0.2, 0) is 26.2 Å². The standard InChI is InChI=1S/C24H27Cl2N3O5S/c1-4-20(23(31)27-15(2)3)28(14-16-9-10-17(25)13-19(16)26)22(30)11-12-29-24(32)18-7-5-6-8-21(18)35(29,33)34/h5-10,13,15,20H,4,11-12,14H2,1-3H3,(H,27,31)/t20-/m1/s1. The minimum Gasteiger partial charge on any atom is -0.352 e. The predicted molar refractivity (Wildman–Crippen MR) is 134 cm³/mol. The van der Waals surface area contributed by atoms with Gasteiger partial charge in [-0.05, 0) is 50.1 Å². The lowest BCUT2D eigenvalue weighted by atomic mass is 10.1. The minimum absolute atomic E-state index is 0.0137. The highest BCUT2D eigenvalue weighted by atomic mass is 35.5. The zero-order valence-electron chi connectivity index (χ0n) is 19.6. The van der Waals surface area contributed by atoms with E-state index >= 15 is 0 Å². The summed E-state index contributed by atoms with van der Waals surface area (Å²) in [5, 5.41) is 3.59. The third-order valence-corrected chi connectivity index (χ3v) is 8.04. The van der Waals surface area contributed by atoms with Gasteiger partial charge < -0.3 is 10.2 Å². The maximum absolute atomic E-state index is 13.4. The zero-order valence-corrected chi connectivity index (χ0v) is 22.0.